The van der Waals surface area contributed by atoms with E-state index in [0.29, 0.717) is 18.2 Å². The predicted octanol–water partition coefficient (Wildman–Crippen LogP) is 1.73. The monoisotopic (exact) mass is 418 g/mol. The van der Waals surface area contributed by atoms with Gasteiger partial charge in [0, 0.05) is 50.6 Å². The third kappa shape index (κ3) is 5.88. The first kappa shape index (κ1) is 21.0. The molecule has 2 aromatic rings. The van der Waals surface area contributed by atoms with Crippen molar-refractivity contribution in [2.24, 2.45) is 0 Å². The second-order valence-corrected chi connectivity index (χ2v) is 8.68. The second-order valence-electron chi connectivity index (χ2n) is 6.92. The standard InChI is InChI=1S/C19H26N6O3S/c1-14-13-18(25-11-3-4-12-25)24-19(22-14)20-9-10-21-29(27,28)17-7-5-16(6-8-17)23-15(2)26/h5-8,13,21H,3-4,9-12H2,1-2H3,(H,23,26)(H,20,22,24). The molecule has 1 aliphatic rings. The summed E-state index contributed by atoms with van der Waals surface area (Å²) in [6.07, 6.45) is 2.33. The van der Waals surface area contributed by atoms with Crippen LogP contribution in [0, 0.1) is 6.92 Å². The van der Waals surface area contributed by atoms with Crippen LogP contribution in [0.5, 0.6) is 0 Å². The Morgan fingerprint density at radius 3 is 2.45 bits per heavy atom. The highest BCUT2D eigenvalue weighted by atomic mass is 32.2. The third-order valence-corrected chi connectivity index (χ3v) is 5.93. The number of aryl methyl sites for hydroxylation is 1. The fourth-order valence-corrected chi connectivity index (χ4v) is 4.13. The Kier molecular flexibility index (Phi) is 6.65. The number of rotatable bonds is 8. The van der Waals surface area contributed by atoms with Crippen molar-refractivity contribution in [1.82, 2.24) is 14.7 Å². The number of anilines is 3. The van der Waals surface area contributed by atoms with E-state index in [1.807, 2.05) is 13.0 Å². The number of aromatic nitrogens is 2. The summed E-state index contributed by atoms with van der Waals surface area (Å²) in [5.41, 5.74) is 1.41. The molecule has 3 N–H and O–H groups in total. The molecule has 0 spiro atoms. The van der Waals surface area contributed by atoms with Crippen LogP contribution in [0.15, 0.2) is 35.2 Å². The van der Waals surface area contributed by atoms with Gasteiger partial charge in [-0.3, -0.25) is 4.79 Å². The van der Waals surface area contributed by atoms with Crippen molar-refractivity contribution in [2.75, 3.05) is 41.7 Å². The van der Waals surface area contributed by atoms with Gasteiger partial charge in [0.25, 0.3) is 0 Å². The molecular weight excluding hydrogens is 392 g/mol. The first-order chi connectivity index (χ1) is 13.8. The van der Waals surface area contributed by atoms with Gasteiger partial charge >= 0.3 is 0 Å². The number of benzene rings is 1. The molecule has 0 bridgehead atoms. The van der Waals surface area contributed by atoms with E-state index in [4.69, 9.17) is 0 Å². The SMILES string of the molecule is CC(=O)Nc1ccc(S(=O)(=O)NCCNc2nc(C)cc(N3CCCC3)n2)cc1. The molecule has 0 atom stereocenters. The summed E-state index contributed by atoms with van der Waals surface area (Å²) in [5.74, 6) is 1.18. The number of carbonyl (C=O) groups is 1. The van der Waals surface area contributed by atoms with Gasteiger partial charge in [-0.1, -0.05) is 0 Å². The van der Waals surface area contributed by atoms with Gasteiger partial charge in [-0.05, 0) is 44.0 Å². The van der Waals surface area contributed by atoms with Crippen LogP contribution in [0.4, 0.5) is 17.5 Å². The van der Waals surface area contributed by atoms with Crippen molar-refractivity contribution in [1.29, 1.82) is 0 Å². The lowest BCUT2D eigenvalue weighted by atomic mass is 10.3. The molecule has 2 heterocycles. The minimum absolute atomic E-state index is 0.134. The lowest BCUT2D eigenvalue weighted by Crippen LogP contribution is -2.29. The molecule has 10 heteroatoms. The van der Waals surface area contributed by atoms with Crippen molar-refractivity contribution in [3.8, 4) is 0 Å². The van der Waals surface area contributed by atoms with Crippen molar-refractivity contribution < 1.29 is 13.2 Å². The van der Waals surface area contributed by atoms with E-state index >= 15 is 0 Å². The zero-order valence-electron chi connectivity index (χ0n) is 16.6. The Bertz CT molecular complexity index is 956. The summed E-state index contributed by atoms with van der Waals surface area (Å²) in [6, 6.07) is 7.97. The molecule has 29 heavy (non-hydrogen) atoms. The Morgan fingerprint density at radius 2 is 1.79 bits per heavy atom. The Balaban J connectivity index is 1.53. The zero-order chi connectivity index (χ0) is 20.9. The van der Waals surface area contributed by atoms with Crippen molar-refractivity contribution in [3.63, 3.8) is 0 Å². The van der Waals surface area contributed by atoms with E-state index in [0.717, 1.165) is 24.6 Å². The van der Waals surface area contributed by atoms with Crippen LogP contribution >= 0.6 is 0 Å². The molecule has 1 saturated heterocycles. The fraction of sp³-hybridized carbons (Fsp3) is 0.421. The van der Waals surface area contributed by atoms with Gasteiger partial charge in [0.15, 0.2) is 0 Å². The van der Waals surface area contributed by atoms with Crippen molar-refractivity contribution in [3.05, 3.63) is 36.0 Å². The normalized spacial score (nSPS) is 14.1. The van der Waals surface area contributed by atoms with E-state index < -0.39 is 10.0 Å². The van der Waals surface area contributed by atoms with E-state index in [1.165, 1.54) is 31.9 Å². The summed E-state index contributed by atoms with van der Waals surface area (Å²) in [4.78, 5) is 22.3. The second kappa shape index (κ2) is 9.19. The minimum atomic E-state index is -3.64. The molecule has 1 amide bonds. The van der Waals surface area contributed by atoms with Gasteiger partial charge in [0.2, 0.25) is 21.9 Å². The molecule has 0 unspecified atom stereocenters. The number of nitrogens with zero attached hydrogens (tertiary/aromatic N) is 3. The van der Waals surface area contributed by atoms with Crippen LogP contribution in [0.2, 0.25) is 0 Å². The topological polar surface area (TPSA) is 116 Å². The van der Waals surface area contributed by atoms with Gasteiger partial charge in [-0.2, -0.15) is 4.98 Å². The third-order valence-electron chi connectivity index (χ3n) is 4.46. The first-order valence-corrected chi connectivity index (χ1v) is 11.0. The molecule has 0 aliphatic carbocycles. The highest BCUT2D eigenvalue weighted by Gasteiger charge is 2.16. The summed E-state index contributed by atoms with van der Waals surface area (Å²) >= 11 is 0. The summed E-state index contributed by atoms with van der Waals surface area (Å²) in [7, 11) is -3.64. The largest absolute Gasteiger partial charge is 0.356 e. The van der Waals surface area contributed by atoms with Crippen LogP contribution in [0.3, 0.4) is 0 Å². The van der Waals surface area contributed by atoms with Crippen LogP contribution in [-0.4, -0.2) is 50.5 Å². The Morgan fingerprint density at radius 1 is 1.10 bits per heavy atom. The van der Waals surface area contributed by atoms with Crippen LogP contribution in [-0.2, 0) is 14.8 Å². The molecule has 3 rings (SSSR count). The van der Waals surface area contributed by atoms with E-state index in [9.17, 15) is 13.2 Å². The average Bonchev–Trinajstić information content (AvgIpc) is 3.20. The maximum absolute atomic E-state index is 12.4. The quantitative estimate of drug-likeness (QED) is 0.559. The van der Waals surface area contributed by atoms with Crippen LogP contribution in [0.25, 0.3) is 0 Å². The molecule has 1 aliphatic heterocycles. The number of nitrogens with one attached hydrogen (secondary N) is 3. The van der Waals surface area contributed by atoms with Crippen molar-refractivity contribution >= 4 is 33.4 Å². The zero-order valence-corrected chi connectivity index (χ0v) is 17.4. The van der Waals surface area contributed by atoms with Crippen LogP contribution in [0.1, 0.15) is 25.5 Å². The molecule has 9 nitrogen and oxygen atoms in total. The van der Waals surface area contributed by atoms with Gasteiger partial charge < -0.3 is 15.5 Å². The Labute approximate surface area is 171 Å². The van der Waals surface area contributed by atoms with Crippen molar-refractivity contribution in [2.45, 2.75) is 31.6 Å². The lowest BCUT2D eigenvalue weighted by Gasteiger charge is -2.17. The first-order valence-electron chi connectivity index (χ1n) is 9.55. The number of amides is 1. The summed E-state index contributed by atoms with van der Waals surface area (Å²) in [6.45, 7) is 5.84. The molecule has 156 valence electrons. The number of carbonyl (C=O) groups excluding carboxylic acids is 1. The fourth-order valence-electron chi connectivity index (χ4n) is 3.10. The predicted molar refractivity (Wildman–Crippen MR) is 113 cm³/mol. The van der Waals surface area contributed by atoms with E-state index in [1.54, 1.807) is 12.1 Å². The smallest absolute Gasteiger partial charge is 0.240 e. The van der Waals surface area contributed by atoms with Crippen LogP contribution < -0.4 is 20.3 Å². The highest BCUT2D eigenvalue weighted by Crippen LogP contribution is 2.19. The maximum Gasteiger partial charge on any atom is 0.240 e. The Hall–Kier alpha value is -2.72. The molecular formula is C19H26N6O3S. The van der Waals surface area contributed by atoms with Gasteiger partial charge in [0.05, 0.1) is 4.90 Å². The van der Waals surface area contributed by atoms with Gasteiger partial charge in [0.1, 0.15) is 5.82 Å². The molecule has 1 aromatic heterocycles. The number of sulfonamides is 1. The molecule has 0 radical (unpaired) electrons. The van der Waals surface area contributed by atoms with Gasteiger partial charge in [-0.15, -0.1) is 0 Å². The number of hydrogen-bond donors (Lipinski definition) is 3. The maximum atomic E-state index is 12.4. The summed E-state index contributed by atoms with van der Waals surface area (Å²) in [5, 5.41) is 5.68. The van der Waals surface area contributed by atoms with E-state index in [2.05, 4.69) is 30.2 Å². The minimum Gasteiger partial charge on any atom is -0.356 e. The highest BCUT2D eigenvalue weighted by molar-refractivity contribution is 7.89. The number of hydrogen-bond acceptors (Lipinski definition) is 7. The summed E-state index contributed by atoms with van der Waals surface area (Å²) < 4.78 is 27.3. The van der Waals surface area contributed by atoms with Gasteiger partial charge in [-0.25, -0.2) is 18.1 Å². The lowest BCUT2D eigenvalue weighted by molar-refractivity contribution is -0.114. The molecule has 1 fully saturated rings. The van der Waals surface area contributed by atoms with E-state index in [-0.39, 0.29) is 17.3 Å². The molecule has 1 aromatic carbocycles. The molecule has 0 saturated carbocycles. The average molecular weight is 419 g/mol.